The van der Waals surface area contributed by atoms with Crippen LogP contribution < -0.4 is 9.47 Å². The maximum atomic E-state index is 12.4. The van der Waals surface area contributed by atoms with Crippen LogP contribution in [0.15, 0.2) is 59.1 Å². The van der Waals surface area contributed by atoms with E-state index in [1.54, 1.807) is 25.3 Å². The maximum absolute atomic E-state index is 12.4. The van der Waals surface area contributed by atoms with Crippen LogP contribution in [0.2, 0.25) is 5.02 Å². The van der Waals surface area contributed by atoms with Crippen molar-refractivity contribution in [1.82, 2.24) is 0 Å². The van der Waals surface area contributed by atoms with Gasteiger partial charge in [-0.05, 0) is 76.5 Å². The summed E-state index contributed by atoms with van der Waals surface area (Å²) in [5.74, 6) is 1.43. The van der Waals surface area contributed by atoms with E-state index >= 15 is 0 Å². The highest BCUT2D eigenvalue weighted by Gasteiger charge is 2.09. The number of carbonyl (C=O) groups excluding carboxylic acids is 1. The van der Waals surface area contributed by atoms with Crippen molar-refractivity contribution in [2.45, 2.75) is 20.0 Å². The molecule has 6 heteroatoms. The molecule has 1 heterocycles. The van der Waals surface area contributed by atoms with Crippen LogP contribution in [0.25, 0.3) is 6.08 Å². The van der Waals surface area contributed by atoms with Crippen LogP contribution in [0, 0.1) is 0 Å². The molecule has 0 radical (unpaired) electrons. The summed E-state index contributed by atoms with van der Waals surface area (Å²) in [6.45, 7) is 2.41. The molecule has 1 aromatic heterocycles. The number of hydrogen-bond donors (Lipinski definition) is 0. The summed E-state index contributed by atoms with van der Waals surface area (Å²) in [6.07, 6.45) is 4.36. The normalized spacial score (nSPS) is 11.0. The van der Waals surface area contributed by atoms with Crippen molar-refractivity contribution in [3.8, 4) is 11.5 Å². The number of methoxy groups -OCH3 is 1. The fourth-order valence-corrected chi connectivity index (χ4v) is 4.38. The highest BCUT2D eigenvalue weighted by Crippen LogP contribution is 2.30. The van der Waals surface area contributed by atoms with Crippen LogP contribution in [0.5, 0.6) is 11.5 Å². The number of ether oxygens (including phenoxy) is 2. The summed E-state index contributed by atoms with van der Waals surface area (Å²) >= 11 is 11.0. The number of halogens is 2. The van der Waals surface area contributed by atoms with Gasteiger partial charge >= 0.3 is 0 Å². The summed E-state index contributed by atoms with van der Waals surface area (Å²) < 4.78 is 12.1. The third-order valence-electron chi connectivity index (χ3n) is 4.26. The van der Waals surface area contributed by atoms with Crippen molar-refractivity contribution in [2.24, 2.45) is 0 Å². The van der Waals surface area contributed by atoms with Crippen molar-refractivity contribution < 1.29 is 14.3 Å². The maximum Gasteiger partial charge on any atom is 0.195 e. The Morgan fingerprint density at radius 2 is 1.93 bits per heavy atom. The Kier molecular flexibility index (Phi) is 7.53. The average molecular weight is 492 g/mol. The predicted octanol–water partition coefficient (Wildman–Crippen LogP) is 7.21. The van der Waals surface area contributed by atoms with E-state index in [1.165, 1.54) is 16.2 Å². The molecule has 0 spiro atoms. The molecule has 3 nitrogen and oxygen atoms in total. The number of benzene rings is 2. The van der Waals surface area contributed by atoms with Crippen LogP contribution in [0.3, 0.4) is 0 Å². The van der Waals surface area contributed by atoms with E-state index in [4.69, 9.17) is 21.1 Å². The number of aryl methyl sites for hydroxylation is 1. The molecule has 3 aromatic rings. The smallest absolute Gasteiger partial charge is 0.195 e. The van der Waals surface area contributed by atoms with E-state index in [-0.39, 0.29) is 5.78 Å². The second-order valence-electron chi connectivity index (χ2n) is 6.25. The largest absolute Gasteiger partial charge is 0.496 e. The summed E-state index contributed by atoms with van der Waals surface area (Å²) in [6, 6.07) is 15.0. The van der Waals surface area contributed by atoms with E-state index in [2.05, 4.69) is 22.9 Å². The van der Waals surface area contributed by atoms with Crippen molar-refractivity contribution in [3.63, 3.8) is 0 Å². The van der Waals surface area contributed by atoms with Crippen LogP contribution in [0.4, 0.5) is 0 Å². The van der Waals surface area contributed by atoms with Crippen molar-refractivity contribution >= 4 is 50.7 Å². The summed E-state index contributed by atoms with van der Waals surface area (Å²) in [5.41, 5.74) is 1.79. The lowest BCUT2D eigenvalue weighted by Gasteiger charge is -2.12. The number of ketones is 1. The van der Waals surface area contributed by atoms with Gasteiger partial charge in [0, 0.05) is 15.5 Å². The lowest BCUT2D eigenvalue weighted by atomic mass is 10.1. The molecule has 0 aliphatic heterocycles. The van der Waals surface area contributed by atoms with Crippen molar-refractivity contribution in [2.75, 3.05) is 7.11 Å². The van der Waals surface area contributed by atoms with Gasteiger partial charge in [-0.2, -0.15) is 0 Å². The molecule has 29 heavy (non-hydrogen) atoms. The molecule has 0 unspecified atom stereocenters. The third kappa shape index (κ3) is 5.72. The van der Waals surface area contributed by atoms with Gasteiger partial charge in [-0.15, -0.1) is 11.3 Å². The summed E-state index contributed by atoms with van der Waals surface area (Å²) in [5, 5.41) is 0.635. The molecular weight excluding hydrogens is 472 g/mol. The SMILES string of the molecule is CCc1ccc(C(=O)/C=C/c2ccc(OC)c(COc3ccc(Cl)cc3Br)c2)s1. The molecule has 0 aliphatic rings. The fourth-order valence-electron chi connectivity index (χ4n) is 2.72. The third-order valence-corrected chi connectivity index (χ3v) is 6.36. The summed E-state index contributed by atoms with van der Waals surface area (Å²) in [4.78, 5) is 14.3. The van der Waals surface area contributed by atoms with E-state index in [0.717, 1.165) is 32.6 Å². The van der Waals surface area contributed by atoms with Crippen molar-refractivity contribution in [1.29, 1.82) is 0 Å². The number of thiophene rings is 1. The quantitative estimate of drug-likeness (QED) is 0.247. The fraction of sp³-hybridized carbons (Fsp3) is 0.174. The van der Waals surface area contributed by atoms with E-state index < -0.39 is 0 Å². The monoisotopic (exact) mass is 490 g/mol. The first-order chi connectivity index (χ1) is 14.0. The number of hydrogen-bond acceptors (Lipinski definition) is 4. The molecule has 0 N–H and O–H groups in total. The van der Waals surface area contributed by atoms with Gasteiger partial charge in [-0.25, -0.2) is 0 Å². The van der Waals surface area contributed by atoms with E-state index in [1.807, 2.05) is 42.5 Å². The highest BCUT2D eigenvalue weighted by atomic mass is 79.9. The lowest BCUT2D eigenvalue weighted by molar-refractivity contribution is 0.105. The van der Waals surface area contributed by atoms with E-state index in [9.17, 15) is 4.79 Å². The van der Waals surface area contributed by atoms with Gasteiger partial charge in [0.25, 0.3) is 0 Å². The van der Waals surface area contributed by atoms with Gasteiger partial charge in [-0.1, -0.05) is 30.7 Å². The first kappa shape index (κ1) is 21.6. The van der Waals surface area contributed by atoms with Crippen LogP contribution >= 0.6 is 38.9 Å². The Balaban J connectivity index is 1.74. The molecule has 0 aliphatic carbocycles. The zero-order chi connectivity index (χ0) is 20.8. The van der Waals surface area contributed by atoms with Gasteiger partial charge in [-0.3, -0.25) is 4.79 Å². The van der Waals surface area contributed by atoms with Crippen LogP contribution in [-0.2, 0) is 13.0 Å². The topological polar surface area (TPSA) is 35.5 Å². The lowest BCUT2D eigenvalue weighted by Crippen LogP contribution is -2.00. The van der Waals surface area contributed by atoms with Gasteiger partial charge in [0.2, 0.25) is 0 Å². The van der Waals surface area contributed by atoms with Crippen molar-refractivity contribution in [3.05, 3.63) is 85.0 Å². The predicted molar refractivity (Wildman–Crippen MR) is 124 cm³/mol. The van der Waals surface area contributed by atoms with E-state index in [0.29, 0.717) is 17.4 Å². The van der Waals surface area contributed by atoms with Gasteiger partial charge in [0.15, 0.2) is 5.78 Å². The molecule has 3 rings (SSSR count). The molecule has 0 saturated carbocycles. The van der Waals surface area contributed by atoms with Gasteiger partial charge in [0.05, 0.1) is 16.5 Å². The zero-order valence-corrected chi connectivity index (χ0v) is 19.2. The number of rotatable bonds is 8. The Labute approximate surface area is 188 Å². The first-order valence-electron chi connectivity index (χ1n) is 9.06. The van der Waals surface area contributed by atoms with Gasteiger partial charge in [0.1, 0.15) is 18.1 Å². The average Bonchev–Trinajstić information content (AvgIpc) is 3.21. The Morgan fingerprint density at radius 3 is 2.62 bits per heavy atom. The van der Waals surface area contributed by atoms with Crippen LogP contribution in [-0.4, -0.2) is 12.9 Å². The second-order valence-corrected chi connectivity index (χ2v) is 8.71. The Bertz CT molecular complexity index is 1040. The molecular formula is C23H20BrClO3S. The zero-order valence-electron chi connectivity index (χ0n) is 16.1. The first-order valence-corrected chi connectivity index (χ1v) is 11.0. The standard InChI is InChI=1S/C23H20BrClO3S/c1-3-18-7-11-23(29-18)20(26)8-4-15-5-9-21(27-2)16(12-15)14-28-22-10-6-17(25)13-19(22)24/h4-13H,3,14H2,1-2H3/b8-4+. The minimum Gasteiger partial charge on any atom is -0.496 e. The molecule has 0 amide bonds. The van der Waals surface area contributed by atoms with Crippen LogP contribution in [0.1, 0.15) is 32.6 Å². The molecule has 0 saturated heterocycles. The number of allylic oxidation sites excluding steroid dienone is 1. The number of carbonyl (C=O) groups is 1. The molecule has 150 valence electrons. The Morgan fingerprint density at radius 1 is 1.14 bits per heavy atom. The Hall–Kier alpha value is -2.08. The summed E-state index contributed by atoms with van der Waals surface area (Å²) in [7, 11) is 1.62. The molecule has 2 aromatic carbocycles. The van der Waals surface area contributed by atoms with Gasteiger partial charge < -0.3 is 9.47 Å². The minimum atomic E-state index is 0.00779. The molecule has 0 bridgehead atoms. The highest BCUT2D eigenvalue weighted by molar-refractivity contribution is 9.10. The second kappa shape index (κ2) is 10.1. The minimum absolute atomic E-state index is 0.00779. The molecule has 0 atom stereocenters. The molecule has 0 fully saturated rings.